The van der Waals surface area contributed by atoms with Crippen LogP contribution >= 0.6 is 0 Å². The Morgan fingerprint density at radius 2 is 2.20 bits per heavy atom. The highest BCUT2D eigenvalue weighted by molar-refractivity contribution is 5.77. The first-order chi connectivity index (χ1) is 7.24. The fourth-order valence-electron chi connectivity index (χ4n) is 1.54. The molecule has 88 valence electrons. The summed E-state index contributed by atoms with van der Waals surface area (Å²) < 4.78 is 5.50. The van der Waals surface area contributed by atoms with Gasteiger partial charge < -0.3 is 20.1 Å². The molecule has 0 aliphatic carbocycles. The first-order valence-electron chi connectivity index (χ1n) is 5.41. The van der Waals surface area contributed by atoms with E-state index in [0.717, 1.165) is 25.9 Å². The molecule has 0 radical (unpaired) electrons. The molecule has 0 aromatic carbocycles. The Labute approximate surface area is 90.4 Å². The van der Waals surface area contributed by atoms with Gasteiger partial charge >= 0.3 is 0 Å². The number of amides is 1. The molecule has 1 fully saturated rings. The van der Waals surface area contributed by atoms with Crippen molar-refractivity contribution in [1.82, 2.24) is 10.2 Å². The van der Waals surface area contributed by atoms with E-state index < -0.39 is 0 Å². The molecule has 1 aliphatic rings. The Bertz CT molecular complexity index is 193. The Morgan fingerprint density at radius 1 is 1.53 bits per heavy atom. The van der Waals surface area contributed by atoms with Crippen LogP contribution < -0.4 is 5.32 Å². The molecule has 0 aromatic rings. The summed E-state index contributed by atoms with van der Waals surface area (Å²) in [6.07, 6.45) is 2.14. The summed E-state index contributed by atoms with van der Waals surface area (Å²) in [4.78, 5) is 12.9. The molecule has 1 aliphatic heterocycles. The van der Waals surface area contributed by atoms with E-state index in [1.807, 2.05) is 0 Å². The number of aliphatic hydroxyl groups is 1. The zero-order valence-corrected chi connectivity index (χ0v) is 9.24. The molecule has 0 aromatic heterocycles. The average molecular weight is 216 g/mol. The lowest BCUT2D eigenvalue weighted by molar-refractivity contribution is -0.137. The summed E-state index contributed by atoms with van der Waals surface area (Å²) >= 11 is 0. The van der Waals surface area contributed by atoms with Crippen molar-refractivity contribution in [3.8, 4) is 0 Å². The van der Waals surface area contributed by atoms with Crippen molar-refractivity contribution < 1.29 is 14.6 Å². The lowest BCUT2D eigenvalue weighted by Crippen LogP contribution is -2.37. The van der Waals surface area contributed by atoms with E-state index in [2.05, 4.69) is 5.32 Å². The van der Waals surface area contributed by atoms with Gasteiger partial charge in [0, 0.05) is 13.6 Å². The smallest absolute Gasteiger partial charge is 0.248 e. The van der Waals surface area contributed by atoms with Gasteiger partial charge in [0.05, 0.1) is 12.7 Å². The molecule has 1 saturated heterocycles. The van der Waals surface area contributed by atoms with Crippen molar-refractivity contribution in [1.29, 1.82) is 0 Å². The summed E-state index contributed by atoms with van der Waals surface area (Å²) in [6.45, 7) is 2.42. The number of carbonyl (C=O) groups is 1. The maximum atomic E-state index is 11.4. The molecule has 1 heterocycles. The lowest BCUT2D eigenvalue weighted by atomic mass is 10.1. The van der Waals surface area contributed by atoms with Gasteiger partial charge in [0.25, 0.3) is 0 Å². The topological polar surface area (TPSA) is 61.8 Å². The molecular weight excluding hydrogens is 196 g/mol. The zero-order valence-electron chi connectivity index (χ0n) is 9.24. The largest absolute Gasteiger partial charge is 0.395 e. The number of hydrogen-bond donors (Lipinski definition) is 2. The molecule has 1 amide bonds. The van der Waals surface area contributed by atoms with E-state index in [0.29, 0.717) is 6.54 Å². The quantitative estimate of drug-likeness (QED) is 0.632. The molecular formula is C10H20N2O3. The molecule has 2 N–H and O–H groups in total. The lowest BCUT2D eigenvalue weighted by Gasteiger charge is -2.24. The van der Waals surface area contributed by atoms with Crippen LogP contribution in [0.4, 0.5) is 0 Å². The van der Waals surface area contributed by atoms with Crippen LogP contribution in [0.3, 0.4) is 0 Å². The molecule has 5 nitrogen and oxygen atoms in total. The standard InChI is InChI=1S/C10H20N2O3/c1-12(6-7-13)10(14)8-15-9-2-4-11-5-3-9/h9,11,13H,2-8H2,1H3. The van der Waals surface area contributed by atoms with Crippen molar-refractivity contribution in [2.45, 2.75) is 18.9 Å². The van der Waals surface area contributed by atoms with Crippen LogP contribution in [-0.2, 0) is 9.53 Å². The molecule has 5 heteroatoms. The highest BCUT2D eigenvalue weighted by atomic mass is 16.5. The van der Waals surface area contributed by atoms with Crippen molar-refractivity contribution in [3.63, 3.8) is 0 Å². The monoisotopic (exact) mass is 216 g/mol. The van der Waals surface area contributed by atoms with E-state index in [9.17, 15) is 4.79 Å². The summed E-state index contributed by atoms with van der Waals surface area (Å²) in [7, 11) is 1.67. The van der Waals surface area contributed by atoms with E-state index in [1.54, 1.807) is 7.05 Å². The predicted octanol–water partition coefficient (Wildman–Crippen LogP) is -0.794. The summed E-state index contributed by atoms with van der Waals surface area (Å²) in [5.74, 6) is -0.0671. The molecule has 0 saturated carbocycles. The van der Waals surface area contributed by atoms with Gasteiger partial charge in [-0.2, -0.15) is 0 Å². The van der Waals surface area contributed by atoms with E-state index in [-0.39, 0.29) is 25.2 Å². The molecule has 0 bridgehead atoms. The number of hydrogen-bond acceptors (Lipinski definition) is 4. The van der Waals surface area contributed by atoms with Crippen molar-refractivity contribution in [2.75, 3.05) is 39.9 Å². The predicted molar refractivity (Wildman–Crippen MR) is 56.6 cm³/mol. The van der Waals surface area contributed by atoms with Gasteiger partial charge in [0.15, 0.2) is 0 Å². The minimum absolute atomic E-state index is 0.00438. The third kappa shape index (κ3) is 4.59. The Kier molecular flexibility index (Phi) is 5.60. The maximum absolute atomic E-state index is 11.4. The second-order valence-electron chi connectivity index (χ2n) is 3.80. The third-order valence-corrected chi connectivity index (χ3v) is 2.59. The van der Waals surface area contributed by atoms with Gasteiger partial charge in [-0.05, 0) is 25.9 Å². The average Bonchev–Trinajstić information content (AvgIpc) is 2.27. The van der Waals surface area contributed by atoms with Crippen LogP contribution in [0.2, 0.25) is 0 Å². The second kappa shape index (κ2) is 6.76. The van der Waals surface area contributed by atoms with Crippen LogP contribution in [0, 0.1) is 0 Å². The van der Waals surface area contributed by atoms with Crippen LogP contribution in [0.25, 0.3) is 0 Å². The highest BCUT2D eigenvalue weighted by Crippen LogP contribution is 2.06. The summed E-state index contributed by atoms with van der Waals surface area (Å²) in [5, 5.41) is 11.9. The van der Waals surface area contributed by atoms with Crippen molar-refractivity contribution in [3.05, 3.63) is 0 Å². The normalized spacial score (nSPS) is 17.7. The SMILES string of the molecule is CN(CCO)C(=O)COC1CCNCC1. The van der Waals surface area contributed by atoms with Crippen molar-refractivity contribution >= 4 is 5.91 Å². The molecule has 1 rings (SSSR count). The van der Waals surface area contributed by atoms with E-state index in [4.69, 9.17) is 9.84 Å². The van der Waals surface area contributed by atoms with Gasteiger partial charge in [0.2, 0.25) is 5.91 Å². The Hall–Kier alpha value is -0.650. The second-order valence-corrected chi connectivity index (χ2v) is 3.80. The number of ether oxygens (including phenoxy) is 1. The van der Waals surface area contributed by atoms with E-state index in [1.165, 1.54) is 4.90 Å². The third-order valence-electron chi connectivity index (χ3n) is 2.59. The van der Waals surface area contributed by atoms with Crippen LogP contribution in [0.15, 0.2) is 0 Å². The number of carbonyl (C=O) groups excluding carboxylic acids is 1. The first kappa shape index (κ1) is 12.4. The minimum atomic E-state index is -0.0671. The fourth-order valence-corrected chi connectivity index (χ4v) is 1.54. The number of aliphatic hydroxyl groups excluding tert-OH is 1. The van der Waals surface area contributed by atoms with Gasteiger partial charge in [-0.25, -0.2) is 0 Å². The van der Waals surface area contributed by atoms with Gasteiger partial charge in [-0.3, -0.25) is 4.79 Å². The molecule has 0 atom stereocenters. The minimum Gasteiger partial charge on any atom is -0.395 e. The number of piperidine rings is 1. The summed E-state index contributed by atoms with van der Waals surface area (Å²) in [5.41, 5.74) is 0. The number of rotatable bonds is 5. The Balaban J connectivity index is 2.14. The van der Waals surface area contributed by atoms with Crippen LogP contribution in [0.5, 0.6) is 0 Å². The van der Waals surface area contributed by atoms with Gasteiger partial charge in [0.1, 0.15) is 6.61 Å². The van der Waals surface area contributed by atoms with Gasteiger partial charge in [-0.15, -0.1) is 0 Å². The fraction of sp³-hybridized carbons (Fsp3) is 0.900. The number of likely N-dealkylation sites (N-methyl/N-ethyl adjacent to an activating group) is 1. The highest BCUT2D eigenvalue weighted by Gasteiger charge is 2.16. The summed E-state index contributed by atoms with van der Waals surface area (Å²) in [6, 6.07) is 0. The Morgan fingerprint density at radius 3 is 2.80 bits per heavy atom. The number of nitrogens with one attached hydrogen (secondary N) is 1. The zero-order chi connectivity index (χ0) is 11.1. The molecule has 0 unspecified atom stereocenters. The van der Waals surface area contributed by atoms with Gasteiger partial charge in [-0.1, -0.05) is 0 Å². The van der Waals surface area contributed by atoms with E-state index >= 15 is 0 Å². The number of nitrogens with zero attached hydrogens (tertiary/aromatic N) is 1. The van der Waals surface area contributed by atoms with Crippen LogP contribution in [-0.4, -0.2) is 61.9 Å². The van der Waals surface area contributed by atoms with Crippen LogP contribution in [0.1, 0.15) is 12.8 Å². The molecule has 15 heavy (non-hydrogen) atoms. The first-order valence-corrected chi connectivity index (χ1v) is 5.41. The maximum Gasteiger partial charge on any atom is 0.248 e. The van der Waals surface area contributed by atoms with Crippen molar-refractivity contribution in [2.24, 2.45) is 0 Å². The molecule has 0 spiro atoms.